The number of methoxy groups -OCH3 is 1. The van der Waals surface area contributed by atoms with Gasteiger partial charge in [0, 0.05) is 13.0 Å². The SMILES string of the molecule is CCNC(=S)NNC(=O)CCCOc1ccc(OC)cc1. The molecule has 0 heterocycles. The maximum absolute atomic E-state index is 11.5. The van der Waals surface area contributed by atoms with E-state index in [-0.39, 0.29) is 5.91 Å². The third-order valence-electron chi connectivity index (χ3n) is 2.53. The van der Waals surface area contributed by atoms with Crippen LogP contribution in [-0.2, 0) is 4.79 Å². The zero-order chi connectivity index (χ0) is 15.5. The van der Waals surface area contributed by atoms with E-state index >= 15 is 0 Å². The Morgan fingerprint density at radius 1 is 1.19 bits per heavy atom. The standard InChI is InChI=1S/C14H21N3O3S/c1-3-15-14(21)17-16-13(18)5-4-10-20-12-8-6-11(19-2)7-9-12/h6-9H,3-5,10H2,1-2H3,(H,16,18)(H2,15,17,21). The molecule has 0 unspecified atom stereocenters. The Hall–Kier alpha value is -2.02. The van der Waals surface area contributed by atoms with Crippen LogP contribution in [0.4, 0.5) is 0 Å². The molecule has 0 bridgehead atoms. The number of amides is 1. The van der Waals surface area contributed by atoms with Crippen molar-refractivity contribution >= 4 is 23.2 Å². The largest absolute Gasteiger partial charge is 0.497 e. The van der Waals surface area contributed by atoms with E-state index in [9.17, 15) is 4.79 Å². The predicted octanol–water partition coefficient (Wildman–Crippen LogP) is 1.37. The minimum Gasteiger partial charge on any atom is -0.497 e. The van der Waals surface area contributed by atoms with E-state index in [0.29, 0.717) is 31.1 Å². The van der Waals surface area contributed by atoms with Crippen LogP contribution in [0.15, 0.2) is 24.3 Å². The maximum atomic E-state index is 11.5. The molecule has 0 radical (unpaired) electrons. The molecule has 1 aromatic rings. The number of carbonyl (C=O) groups is 1. The van der Waals surface area contributed by atoms with Crippen LogP contribution in [0, 0.1) is 0 Å². The van der Waals surface area contributed by atoms with E-state index in [2.05, 4.69) is 16.2 Å². The van der Waals surface area contributed by atoms with Gasteiger partial charge in [-0.1, -0.05) is 0 Å². The topological polar surface area (TPSA) is 71.6 Å². The summed E-state index contributed by atoms with van der Waals surface area (Å²) in [6, 6.07) is 7.31. The number of hydrogen-bond donors (Lipinski definition) is 3. The highest BCUT2D eigenvalue weighted by atomic mass is 32.1. The van der Waals surface area contributed by atoms with Gasteiger partial charge in [-0.05, 0) is 49.8 Å². The molecule has 0 saturated carbocycles. The number of carbonyl (C=O) groups excluding carboxylic acids is 1. The molecule has 1 aromatic carbocycles. The molecule has 0 atom stereocenters. The monoisotopic (exact) mass is 311 g/mol. The van der Waals surface area contributed by atoms with Gasteiger partial charge >= 0.3 is 0 Å². The summed E-state index contributed by atoms with van der Waals surface area (Å²) in [5, 5.41) is 3.27. The Bertz CT molecular complexity index is 451. The molecule has 7 heteroatoms. The minimum atomic E-state index is -0.131. The Morgan fingerprint density at radius 2 is 1.86 bits per heavy atom. The van der Waals surface area contributed by atoms with Gasteiger partial charge in [0.2, 0.25) is 5.91 Å². The molecule has 0 aliphatic carbocycles. The lowest BCUT2D eigenvalue weighted by Crippen LogP contribution is -2.46. The van der Waals surface area contributed by atoms with E-state index in [1.54, 1.807) is 7.11 Å². The Labute approximate surface area is 130 Å². The molecule has 1 amide bonds. The first kappa shape index (κ1) is 17.0. The average molecular weight is 311 g/mol. The summed E-state index contributed by atoms with van der Waals surface area (Å²) < 4.78 is 10.6. The van der Waals surface area contributed by atoms with E-state index in [4.69, 9.17) is 21.7 Å². The first-order valence-corrected chi connectivity index (χ1v) is 7.16. The van der Waals surface area contributed by atoms with Crippen LogP contribution >= 0.6 is 12.2 Å². The number of hydrazine groups is 1. The van der Waals surface area contributed by atoms with Crippen LogP contribution in [0.3, 0.4) is 0 Å². The van der Waals surface area contributed by atoms with Gasteiger partial charge in [0.1, 0.15) is 11.5 Å². The van der Waals surface area contributed by atoms with Crippen LogP contribution in [0.1, 0.15) is 19.8 Å². The van der Waals surface area contributed by atoms with Gasteiger partial charge in [-0.25, -0.2) is 0 Å². The van der Waals surface area contributed by atoms with Crippen molar-refractivity contribution in [3.05, 3.63) is 24.3 Å². The third-order valence-corrected chi connectivity index (χ3v) is 2.78. The molecular weight excluding hydrogens is 290 g/mol. The van der Waals surface area contributed by atoms with Crippen molar-refractivity contribution in [2.45, 2.75) is 19.8 Å². The fourth-order valence-electron chi connectivity index (χ4n) is 1.49. The summed E-state index contributed by atoms with van der Waals surface area (Å²) in [7, 11) is 1.62. The molecule has 21 heavy (non-hydrogen) atoms. The molecule has 0 aliphatic heterocycles. The summed E-state index contributed by atoms with van der Waals surface area (Å²) in [5.41, 5.74) is 5.14. The van der Waals surface area contributed by atoms with E-state index in [1.807, 2.05) is 31.2 Å². The van der Waals surface area contributed by atoms with Crippen LogP contribution in [0.25, 0.3) is 0 Å². The van der Waals surface area contributed by atoms with E-state index in [0.717, 1.165) is 11.5 Å². The van der Waals surface area contributed by atoms with Gasteiger partial charge in [0.25, 0.3) is 0 Å². The van der Waals surface area contributed by atoms with E-state index in [1.165, 1.54) is 0 Å². The van der Waals surface area contributed by atoms with Crippen molar-refractivity contribution in [2.75, 3.05) is 20.3 Å². The lowest BCUT2D eigenvalue weighted by molar-refractivity contribution is -0.121. The Balaban J connectivity index is 2.12. The van der Waals surface area contributed by atoms with Crippen molar-refractivity contribution < 1.29 is 14.3 Å². The highest BCUT2D eigenvalue weighted by Crippen LogP contribution is 2.17. The first-order valence-electron chi connectivity index (χ1n) is 6.75. The second-order valence-electron chi connectivity index (χ2n) is 4.16. The first-order chi connectivity index (χ1) is 10.2. The number of nitrogens with one attached hydrogen (secondary N) is 3. The highest BCUT2D eigenvalue weighted by molar-refractivity contribution is 7.80. The number of thiocarbonyl (C=S) groups is 1. The van der Waals surface area contributed by atoms with Crippen molar-refractivity contribution in [1.29, 1.82) is 0 Å². The third kappa shape index (κ3) is 7.36. The molecule has 0 aliphatic rings. The smallest absolute Gasteiger partial charge is 0.238 e. The lowest BCUT2D eigenvalue weighted by Gasteiger charge is -2.10. The second kappa shape index (κ2) is 9.82. The highest BCUT2D eigenvalue weighted by Gasteiger charge is 2.02. The van der Waals surface area contributed by atoms with Crippen molar-refractivity contribution in [2.24, 2.45) is 0 Å². The molecule has 0 saturated heterocycles. The van der Waals surface area contributed by atoms with Crippen LogP contribution in [0.5, 0.6) is 11.5 Å². The van der Waals surface area contributed by atoms with Gasteiger partial charge in [-0.15, -0.1) is 0 Å². The fraction of sp³-hybridized carbons (Fsp3) is 0.429. The summed E-state index contributed by atoms with van der Waals surface area (Å²) in [6.45, 7) is 3.10. The molecular formula is C14H21N3O3S. The number of rotatable bonds is 7. The Kier molecular flexibility index (Phi) is 7.96. The van der Waals surface area contributed by atoms with Gasteiger partial charge in [0.15, 0.2) is 5.11 Å². The number of benzene rings is 1. The van der Waals surface area contributed by atoms with Crippen molar-refractivity contribution in [1.82, 2.24) is 16.2 Å². The number of ether oxygens (including phenoxy) is 2. The summed E-state index contributed by atoms with van der Waals surface area (Å²) in [6.07, 6.45) is 0.978. The molecule has 1 rings (SSSR count). The predicted molar refractivity (Wildman–Crippen MR) is 85.3 cm³/mol. The fourth-order valence-corrected chi connectivity index (χ4v) is 1.68. The molecule has 0 spiro atoms. The molecule has 116 valence electrons. The van der Waals surface area contributed by atoms with Gasteiger partial charge in [0.05, 0.1) is 13.7 Å². The Morgan fingerprint density at radius 3 is 2.48 bits per heavy atom. The van der Waals surface area contributed by atoms with Crippen molar-refractivity contribution in [3.63, 3.8) is 0 Å². The zero-order valence-electron chi connectivity index (χ0n) is 12.3. The second-order valence-corrected chi connectivity index (χ2v) is 4.57. The minimum absolute atomic E-state index is 0.131. The van der Waals surface area contributed by atoms with Gasteiger partial charge in [-0.3, -0.25) is 15.6 Å². The van der Waals surface area contributed by atoms with E-state index < -0.39 is 0 Å². The van der Waals surface area contributed by atoms with Crippen LogP contribution in [0.2, 0.25) is 0 Å². The van der Waals surface area contributed by atoms with Crippen LogP contribution < -0.4 is 25.6 Å². The molecule has 0 fully saturated rings. The summed E-state index contributed by atoms with van der Waals surface area (Å²) >= 11 is 4.92. The lowest BCUT2D eigenvalue weighted by atomic mass is 10.3. The molecule has 3 N–H and O–H groups in total. The number of hydrogen-bond acceptors (Lipinski definition) is 4. The zero-order valence-corrected chi connectivity index (χ0v) is 13.1. The average Bonchev–Trinajstić information content (AvgIpc) is 2.50. The van der Waals surface area contributed by atoms with Gasteiger partial charge in [-0.2, -0.15) is 0 Å². The van der Waals surface area contributed by atoms with Crippen molar-refractivity contribution in [3.8, 4) is 11.5 Å². The van der Waals surface area contributed by atoms with Crippen LogP contribution in [-0.4, -0.2) is 31.3 Å². The summed E-state index contributed by atoms with van der Waals surface area (Å²) in [4.78, 5) is 11.5. The maximum Gasteiger partial charge on any atom is 0.238 e. The quantitative estimate of drug-likeness (QED) is 0.401. The summed E-state index contributed by atoms with van der Waals surface area (Å²) in [5.74, 6) is 1.40. The van der Waals surface area contributed by atoms with Gasteiger partial charge < -0.3 is 14.8 Å². The normalized spacial score (nSPS) is 9.62. The molecule has 6 nitrogen and oxygen atoms in total. The molecule has 0 aromatic heterocycles.